The van der Waals surface area contributed by atoms with Crippen LogP contribution in [0.4, 0.5) is 5.69 Å². The van der Waals surface area contributed by atoms with Crippen molar-refractivity contribution in [2.45, 2.75) is 0 Å². The lowest BCUT2D eigenvalue weighted by Crippen LogP contribution is -1.97. The van der Waals surface area contributed by atoms with Crippen molar-refractivity contribution in [1.82, 2.24) is 0 Å². The standard InChI is InChI=1S/C12H12ClNO2/c1-15-11-7-5-3-4-6-8(7)12(16-2)10(14)9(11)13/h3-6H,14H2,1-2H3. The van der Waals surface area contributed by atoms with Crippen molar-refractivity contribution in [3.63, 3.8) is 0 Å². The predicted octanol–water partition coefficient (Wildman–Crippen LogP) is 3.09. The van der Waals surface area contributed by atoms with Crippen molar-refractivity contribution in [1.29, 1.82) is 0 Å². The van der Waals surface area contributed by atoms with Gasteiger partial charge in [0.05, 0.1) is 19.9 Å². The van der Waals surface area contributed by atoms with Gasteiger partial charge in [-0.3, -0.25) is 0 Å². The van der Waals surface area contributed by atoms with Gasteiger partial charge in [-0.05, 0) is 0 Å². The molecule has 2 rings (SSSR count). The number of anilines is 1. The van der Waals surface area contributed by atoms with Gasteiger partial charge < -0.3 is 15.2 Å². The van der Waals surface area contributed by atoms with Crippen LogP contribution in [0.25, 0.3) is 10.8 Å². The summed E-state index contributed by atoms with van der Waals surface area (Å²) in [6.07, 6.45) is 0. The molecule has 2 N–H and O–H groups in total. The molecule has 2 aromatic carbocycles. The largest absolute Gasteiger partial charge is 0.494 e. The van der Waals surface area contributed by atoms with Crippen LogP contribution in [0.3, 0.4) is 0 Å². The highest BCUT2D eigenvalue weighted by atomic mass is 35.5. The highest BCUT2D eigenvalue weighted by molar-refractivity contribution is 6.36. The van der Waals surface area contributed by atoms with E-state index in [1.165, 1.54) is 0 Å². The molecule has 0 saturated carbocycles. The topological polar surface area (TPSA) is 44.5 Å². The molecule has 0 aromatic heterocycles. The van der Waals surface area contributed by atoms with Gasteiger partial charge in [-0.25, -0.2) is 0 Å². The van der Waals surface area contributed by atoms with Crippen LogP contribution in [0.5, 0.6) is 11.5 Å². The average molecular weight is 238 g/mol. The van der Waals surface area contributed by atoms with Gasteiger partial charge in [-0.15, -0.1) is 0 Å². The van der Waals surface area contributed by atoms with E-state index in [0.717, 1.165) is 10.8 Å². The van der Waals surface area contributed by atoms with Gasteiger partial charge in [0, 0.05) is 10.8 Å². The van der Waals surface area contributed by atoms with Crippen molar-refractivity contribution >= 4 is 28.1 Å². The highest BCUT2D eigenvalue weighted by Gasteiger charge is 2.16. The van der Waals surface area contributed by atoms with E-state index in [1.807, 2.05) is 24.3 Å². The maximum Gasteiger partial charge on any atom is 0.151 e. The zero-order valence-electron chi connectivity index (χ0n) is 9.08. The Morgan fingerprint density at radius 2 is 1.50 bits per heavy atom. The number of halogens is 1. The first-order chi connectivity index (χ1) is 7.70. The van der Waals surface area contributed by atoms with Crippen LogP contribution in [0.2, 0.25) is 5.02 Å². The molecule has 0 heterocycles. The second-order valence-electron chi connectivity index (χ2n) is 3.34. The van der Waals surface area contributed by atoms with Crippen LogP contribution in [-0.2, 0) is 0 Å². The molecule has 0 spiro atoms. The summed E-state index contributed by atoms with van der Waals surface area (Å²) in [5.74, 6) is 1.16. The van der Waals surface area contributed by atoms with E-state index in [0.29, 0.717) is 22.2 Å². The smallest absolute Gasteiger partial charge is 0.151 e. The summed E-state index contributed by atoms with van der Waals surface area (Å²) in [6, 6.07) is 7.67. The summed E-state index contributed by atoms with van der Waals surface area (Å²) in [5.41, 5.74) is 6.30. The van der Waals surface area contributed by atoms with Gasteiger partial charge >= 0.3 is 0 Å². The van der Waals surface area contributed by atoms with Gasteiger partial charge in [0.2, 0.25) is 0 Å². The number of ether oxygens (including phenoxy) is 2. The summed E-state index contributed by atoms with van der Waals surface area (Å²) in [6.45, 7) is 0. The number of fused-ring (bicyclic) bond motifs is 1. The third kappa shape index (κ3) is 1.44. The summed E-state index contributed by atoms with van der Waals surface area (Å²) >= 11 is 6.13. The van der Waals surface area contributed by atoms with Gasteiger partial charge in [0.25, 0.3) is 0 Å². The van der Waals surface area contributed by atoms with E-state index >= 15 is 0 Å². The molecular weight excluding hydrogens is 226 g/mol. The Balaban J connectivity index is 2.95. The number of methoxy groups -OCH3 is 2. The second-order valence-corrected chi connectivity index (χ2v) is 3.72. The summed E-state index contributed by atoms with van der Waals surface area (Å²) in [5, 5.41) is 2.17. The zero-order valence-corrected chi connectivity index (χ0v) is 9.84. The number of benzene rings is 2. The number of rotatable bonds is 2. The fraction of sp³-hybridized carbons (Fsp3) is 0.167. The van der Waals surface area contributed by atoms with Crippen molar-refractivity contribution < 1.29 is 9.47 Å². The molecule has 0 aliphatic carbocycles. The number of nitrogens with two attached hydrogens (primary N) is 1. The Morgan fingerprint density at radius 3 is 2.00 bits per heavy atom. The van der Waals surface area contributed by atoms with Crippen molar-refractivity contribution in [2.75, 3.05) is 20.0 Å². The van der Waals surface area contributed by atoms with E-state index in [2.05, 4.69) is 0 Å². The quantitative estimate of drug-likeness (QED) is 0.817. The Labute approximate surface area is 98.7 Å². The van der Waals surface area contributed by atoms with Crippen LogP contribution < -0.4 is 15.2 Å². The van der Waals surface area contributed by atoms with Crippen molar-refractivity contribution in [3.8, 4) is 11.5 Å². The lowest BCUT2D eigenvalue weighted by atomic mass is 10.1. The van der Waals surface area contributed by atoms with Crippen LogP contribution in [0.1, 0.15) is 0 Å². The molecule has 84 valence electrons. The number of nitrogen functional groups attached to an aromatic ring is 1. The molecule has 0 atom stereocenters. The lowest BCUT2D eigenvalue weighted by Gasteiger charge is -2.14. The zero-order chi connectivity index (χ0) is 11.7. The average Bonchev–Trinajstić information content (AvgIpc) is 2.31. The minimum absolute atomic E-state index is 0.387. The highest BCUT2D eigenvalue weighted by Crippen LogP contribution is 2.45. The van der Waals surface area contributed by atoms with Crippen LogP contribution in [0, 0.1) is 0 Å². The first-order valence-electron chi connectivity index (χ1n) is 4.78. The van der Waals surface area contributed by atoms with E-state index < -0.39 is 0 Å². The first-order valence-corrected chi connectivity index (χ1v) is 5.16. The Kier molecular flexibility index (Phi) is 2.79. The van der Waals surface area contributed by atoms with Gasteiger partial charge in [0.15, 0.2) is 5.75 Å². The Hall–Kier alpha value is -1.61. The molecule has 16 heavy (non-hydrogen) atoms. The van der Waals surface area contributed by atoms with Gasteiger partial charge in [-0.1, -0.05) is 35.9 Å². The van der Waals surface area contributed by atoms with E-state index in [4.69, 9.17) is 26.8 Å². The molecule has 0 radical (unpaired) electrons. The first kappa shape index (κ1) is 10.9. The normalized spacial score (nSPS) is 10.4. The van der Waals surface area contributed by atoms with Gasteiger partial charge in [0.1, 0.15) is 10.8 Å². The molecule has 4 heteroatoms. The minimum atomic E-state index is 0.387. The van der Waals surface area contributed by atoms with Gasteiger partial charge in [-0.2, -0.15) is 0 Å². The summed E-state index contributed by atoms with van der Waals surface area (Å²) in [4.78, 5) is 0. The summed E-state index contributed by atoms with van der Waals surface area (Å²) in [7, 11) is 3.14. The third-order valence-corrected chi connectivity index (χ3v) is 2.88. The van der Waals surface area contributed by atoms with Crippen molar-refractivity contribution in [2.24, 2.45) is 0 Å². The van der Waals surface area contributed by atoms with E-state index in [1.54, 1.807) is 14.2 Å². The Bertz CT molecular complexity index is 492. The van der Waals surface area contributed by atoms with Crippen LogP contribution in [-0.4, -0.2) is 14.2 Å². The molecule has 0 aliphatic rings. The van der Waals surface area contributed by atoms with E-state index in [-0.39, 0.29) is 0 Å². The molecule has 0 saturated heterocycles. The lowest BCUT2D eigenvalue weighted by molar-refractivity contribution is 0.412. The maximum atomic E-state index is 6.13. The monoisotopic (exact) mass is 237 g/mol. The maximum absolute atomic E-state index is 6.13. The minimum Gasteiger partial charge on any atom is -0.494 e. The van der Waals surface area contributed by atoms with Crippen molar-refractivity contribution in [3.05, 3.63) is 29.3 Å². The molecule has 0 unspecified atom stereocenters. The van der Waals surface area contributed by atoms with E-state index in [9.17, 15) is 0 Å². The number of hydrogen-bond acceptors (Lipinski definition) is 3. The van der Waals surface area contributed by atoms with Crippen LogP contribution >= 0.6 is 11.6 Å². The fourth-order valence-electron chi connectivity index (χ4n) is 1.78. The molecule has 2 aromatic rings. The Morgan fingerprint density at radius 1 is 1.00 bits per heavy atom. The molecule has 0 bridgehead atoms. The molecule has 0 fully saturated rings. The SMILES string of the molecule is COc1c(N)c(Cl)c(OC)c2ccccc12. The summed E-state index contributed by atoms with van der Waals surface area (Å²) < 4.78 is 10.5. The fourth-order valence-corrected chi connectivity index (χ4v) is 2.05. The molecule has 0 amide bonds. The van der Waals surface area contributed by atoms with Crippen LogP contribution in [0.15, 0.2) is 24.3 Å². The number of hydrogen-bond donors (Lipinski definition) is 1. The molecule has 3 nitrogen and oxygen atoms in total. The third-order valence-electron chi connectivity index (χ3n) is 2.51. The second kappa shape index (κ2) is 4.10. The molecule has 0 aliphatic heterocycles. The predicted molar refractivity (Wildman–Crippen MR) is 66.5 cm³/mol. The molecular formula is C12H12ClNO2.